The number of hydrogen-bond acceptors (Lipinski definition) is 3. The van der Waals surface area contributed by atoms with E-state index in [0.29, 0.717) is 11.4 Å². The first-order valence-corrected chi connectivity index (χ1v) is 7.86. The lowest BCUT2D eigenvalue weighted by Crippen LogP contribution is -2.21. The maximum Gasteiger partial charge on any atom is 0.232 e. The Labute approximate surface area is 119 Å². The third-order valence-corrected chi connectivity index (χ3v) is 4.00. The summed E-state index contributed by atoms with van der Waals surface area (Å²) in [6.45, 7) is 5.92. The summed E-state index contributed by atoms with van der Waals surface area (Å²) in [4.78, 5) is 0. The van der Waals surface area contributed by atoms with Gasteiger partial charge in [0.1, 0.15) is 6.07 Å². The summed E-state index contributed by atoms with van der Waals surface area (Å²) < 4.78 is 26.3. The minimum atomic E-state index is -3.48. The van der Waals surface area contributed by atoms with Crippen molar-refractivity contribution in [3.05, 3.63) is 28.8 Å². The van der Waals surface area contributed by atoms with Gasteiger partial charge in [-0.25, -0.2) is 8.42 Å². The van der Waals surface area contributed by atoms with Crippen LogP contribution in [0, 0.1) is 16.7 Å². The van der Waals surface area contributed by atoms with Crippen LogP contribution < -0.4 is 4.72 Å². The standard InChI is InChI=1S/C13H17ClN2O2S/c1-13(2,3)6-7-19(17,18)16-12-8-11(14)5-4-10(12)9-15/h4-5,8,16H,6-7H2,1-3H3. The summed E-state index contributed by atoms with van der Waals surface area (Å²) in [5.41, 5.74) is 0.411. The molecule has 0 aliphatic rings. The van der Waals surface area contributed by atoms with Gasteiger partial charge in [0.2, 0.25) is 10.0 Å². The van der Waals surface area contributed by atoms with Gasteiger partial charge in [0.05, 0.1) is 17.0 Å². The normalized spacial score (nSPS) is 11.9. The molecule has 0 unspecified atom stereocenters. The minimum Gasteiger partial charge on any atom is -0.282 e. The number of nitriles is 1. The van der Waals surface area contributed by atoms with E-state index in [-0.39, 0.29) is 22.4 Å². The lowest BCUT2D eigenvalue weighted by atomic mass is 9.94. The average Bonchev–Trinajstić information content (AvgIpc) is 2.26. The van der Waals surface area contributed by atoms with Crippen molar-refractivity contribution in [1.82, 2.24) is 0 Å². The molecule has 104 valence electrons. The Morgan fingerprint density at radius 1 is 1.37 bits per heavy atom. The third kappa shape index (κ3) is 5.50. The average molecular weight is 301 g/mol. The van der Waals surface area contributed by atoms with Gasteiger partial charge in [-0.1, -0.05) is 32.4 Å². The number of benzene rings is 1. The van der Waals surface area contributed by atoms with Crippen LogP contribution in [0.25, 0.3) is 0 Å². The van der Waals surface area contributed by atoms with Crippen molar-refractivity contribution in [3.8, 4) is 6.07 Å². The van der Waals surface area contributed by atoms with Crippen molar-refractivity contribution in [2.24, 2.45) is 5.41 Å². The van der Waals surface area contributed by atoms with Gasteiger partial charge in [-0.15, -0.1) is 0 Å². The maximum atomic E-state index is 12.0. The van der Waals surface area contributed by atoms with Crippen molar-refractivity contribution < 1.29 is 8.42 Å². The van der Waals surface area contributed by atoms with E-state index in [1.54, 1.807) is 6.07 Å². The van der Waals surface area contributed by atoms with Gasteiger partial charge in [-0.2, -0.15) is 5.26 Å². The topological polar surface area (TPSA) is 70.0 Å². The van der Waals surface area contributed by atoms with Crippen molar-refractivity contribution in [2.45, 2.75) is 27.2 Å². The fraction of sp³-hybridized carbons (Fsp3) is 0.462. The monoisotopic (exact) mass is 300 g/mol. The predicted octanol–water partition coefficient (Wildman–Crippen LogP) is 3.39. The third-order valence-electron chi connectivity index (χ3n) is 2.49. The molecular formula is C13H17ClN2O2S. The van der Waals surface area contributed by atoms with Crippen LogP contribution in [0.1, 0.15) is 32.8 Å². The Morgan fingerprint density at radius 2 is 2.00 bits per heavy atom. The maximum absolute atomic E-state index is 12.0. The smallest absolute Gasteiger partial charge is 0.232 e. The van der Waals surface area contributed by atoms with E-state index in [1.165, 1.54) is 12.1 Å². The van der Waals surface area contributed by atoms with Crippen LogP contribution in [0.5, 0.6) is 0 Å². The van der Waals surface area contributed by atoms with Crippen LogP contribution in [0.3, 0.4) is 0 Å². The van der Waals surface area contributed by atoms with E-state index in [4.69, 9.17) is 16.9 Å². The van der Waals surface area contributed by atoms with Gasteiger partial charge in [0, 0.05) is 5.02 Å². The molecule has 0 amide bonds. The second kappa shape index (κ2) is 5.81. The highest BCUT2D eigenvalue weighted by atomic mass is 35.5. The molecule has 0 bridgehead atoms. The van der Waals surface area contributed by atoms with Gasteiger partial charge in [-0.05, 0) is 30.0 Å². The molecule has 6 heteroatoms. The van der Waals surface area contributed by atoms with Crippen molar-refractivity contribution >= 4 is 27.3 Å². The summed E-state index contributed by atoms with van der Waals surface area (Å²) in [7, 11) is -3.48. The highest BCUT2D eigenvalue weighted by molar-refractivity contribution is 7.92. The predicted molar refractivity (Wildman–Crippen MR) is 77.6 cm³/mol. The fourth-order valence-corrected chi connectivity index (χ4v) is 3.02. The number of hydrogen-bond donors (Lipinski definition) is 1. The summed E-state index contributed by atoms with van der Waals surface area (Å²) in [5, 5.41) is 9.32. The lowest BCUT2D eigenvalue weighted by molar-refractivity contribution is 0.397. The zero-order chi connectivity index (χ0) is 14.7. The largest absolute Gasteiger partial charge is 0.282 e. The quantitative estimate of drug-likeness (QED) is 0.926. The Hall–Kier alpha value is -1.25. The molecule has 0 atom stereocenters. The highest BCUT2D eigenvalue weighted by Crippen LogP contribution is 2.23. The molecule has 1 rings (SSSR count). The first-order valence-electron chi connectivity index (χ1n) is 5.83. The Kier molecular flexibility index (Phi) is 4.83. The van der Waals surface area contributed by atoms with Gasteiger partial charge in [0.25, 0.3) is 0 Å². The number of halogens is 1. The Balaban J connectivity index is 2.90. The highest BCUT2D eigenvalue weighted by Gasteiger charge is 2.18. The first-order chi connectivity index (χ1) is 8.63. The van der Waals surface area contributed by atoms with Crippen LogP contribution in [-0.2, 0) is 10.0 Å². The van der Waals surface area contributed by atoms with Gasteiger partial charge >= 0.3 is 0 Å². The van der Waals surface area contributed by atoms with E-state index in [0.717, 1.165) is 0 Å². The van der Waals surface area contributed by atoms with Crippen LogP contribution in [0.4, 0.5) is 5.69 Å². The number of nitrogens with zero attached hydrogens (tertiary/aromatic N) is 1. The molecule has 19 heavy (non-hydrogen) atoms. The van der Waals surface area contributed by atoms with Gasteiger partial charge in [0.15, 0.2) is 0 Å². The number of nitrogens with one attached hydrogen (secondary N) is 1. The van der Waals surface area contributed by atoms with E-state index in [9.17, 15) is 8.42 Å². The van der Waals surface area contributed by atoms with E-state index in [2.05, 4.69) is 4.72 Å². The molecule has 0 aliphatic carbocycles. The Morgan fingerprint density at radius 3 is 2.53 bits per heavy atom. The molecule has 4 nitrogen and oxygen atoms in total. The first kappa shape index (κ1) is 15.8. The second-order valence-electron chi connectivity index (χ2n) is 5.53. The molecule has 0 saturated heterocycles. The lowest BCUT2D eigenvalue weighted by Gasteiger charge is -2.18. The van der Waals surface area contributed by atoms with Crippen molar-refractivity contribution in [3.63, 3.8) is 0 Å². The van der Waals surface area contributed by atoms with Gasteiger partial charge < -0.3 is 0 Å². The molecule has 0 saturated carbocycles. The summed E-state index contributed by atoms with van der Waals surface area (Å²) >= 11 is 5.81. The van der Waals surface area contributed by atoms with E-state index < -0.39 is 10.0 Å². The summed E-state index contributed by atoms with van der Waals surface area (Å²) in [5.74, 6) is 0.00782. The van der Waals surface area contributed by atoms with Crippen LogP contribution in [0.15, 0.2) is 18.2 Å². The number of rotatable bonds is 4. The molecule has 0 spiro atoms. The van der Waals surface area contributed by atoms with Crippen molar-refractivity contribution in [1.29, 1.82) is 5.26 Å². The summed E-state index contributed by atoms with van der Waals surface area (Å²) in [6.07, 6.45) is 0.533. The fourth-order valence-electron chi connectivity index (χ4n) is 1.36. The molecule has 1 aromatic carbocycles. The van der Waals surface area contributed by atoms with E-state index in [1.807, 2.05) is 26.8 Å². The number of anilines is 1. The molecule has 0 aliphatic heterocycles. The molecule has 1 aromatic rings. The van der Waals surface area contributed by atoms with Crippen LogP contribution in [0.2, 0.25) is 5.02 Å². The SMILES string of the molecule is CC(C)(C)CCS(=O)(=O)Nc1cc(Cl)ccc1C#N. The second-order valence-corrected chi connectivity index (χ2v) is 7.81. The van der Waals surface area contributed by atoms with E-state index >= 15 is 0 Å². The molecule has 0 aromatic heterocycles. The molecule has 0 heterocycles. The zero-order valence-electron chi connectivity index (χ0n) is 11.2. The molecule has 0 radical (unpaired) electrons. The van der Waals surface area contributed by atoms with Gasteiger partial charge in [-0.3, -0.25) is 4.72 Å². The van der Waals surface area contributed by atoms with Crippen LogP contribution >= 0.6 is 11.6 Å². The zero-order valence-corrected chi connectivity index (χ0v) is 12.8. The Bertz CT molecular complexity index is 598. The summed E-state index contributed by atoms with van der Waals surface area (Å²) in [6, 6.07) is 6.41. The van der Waals surface area contributed by atoms with Crippen LogP contribution in [-0.4, -0.2) is 14.2 Å². The number of sulfonamides is 1. The molecule has 0 fully saturated rings. The molecule has 1 N–H and O–H groups in total. The van der Waals surface area contributed by atoms with Crippen molar-refractivity contribution in [2.75, 3.05) is 10.5 Å². The molecular weight excluding hydrogens is 284 g/mol. The minimum absolute atomic E-state index is 0.00782.